The minimum absolute atomic E-state index is 0.114. The number of aryl methyl sites for hydroxylation is 1. The first-order valence-corrected chi connectivity index (χ1v) is 7.52. The van der Waals surface area contributed by atoms with Crippen molar-refractivity contribution in [2.45, 2.75) is 39.5 Å². The molecule has 0 saturated heterocycles. The van der Waals surface area contributed by atoms with Crippen molar-refractivity contribution >= 4 is 11.6 Å². The summed E-state index contributed by atoms with van der Waals surface area (Å²) in [5.74, 6) is 1.32. The van der Waals surface area contributed by atoms with Gasteiger partial charge in [0.15, 0.2) is 0 Å². The first-order chi connectivity index (χ1) is 9.49. The fourth-order valence-electron chi connectivity index (χ4n) is 2.77. The Kier molecular flexibility index (Phi) is 6.80. The number of ether oxygens (including phenoxy) is 1. The highest BCUT2D eigenvalue weighted by Crippen LogP contribution is 2.40. The number of halogens is 1. The lowest BCUT2D eigenvalue weighted by atomic mass is 9.83. The maximum absolute atomic E-state index is 9.39. The number of hydrogen-bond donors (Lipinski definition) is 2. The lowest BCUT2D eigenvalue weighted by Crippen LogP contribution is -2.21. The lowest BCUT2D eigenvalue weighted by Gasteiger charge is -2.25. The topological polar surface area (TPSA) is 55.5 Å². The van der Waals surface area contributed by atoms with Crippen molar-refractivity contribution in [2.75, 3.05) is 20.3 Å². The van der Waals surface area contributed by atoms with Crippen LogP contribution in [-0.4, -0.2) is 25.4 Å². The summed E-state index contributed by atoms with van der Waals surface area (Å²) in [6, 6.07) is 1.94. The van der Waals surface area contributed by atoms with Crippen LogP contribution >= 0.6 is 11.6 Å². The molecular formula is C16H26ClNO2. The molecule has 0 aliphatic carbocycles. The first-order valence-electron chi connectivity index (χ1n) is 7.14. The van der Waals surface area contributed by atoms with Crippen molar-refractivity contribution in [2.24, 2.45) is 11.7 Å². The smallest absolute Gasteiger partial charge is 0.125 e. The highest BCUT2D eigenvalue weighted by molar-refractivity contribution is 6.31. The minimum atomic E-state index is 0.114. The fraction of sp³-hybridized carbons (Fsp3) is 0.625. The number of rotatable bonds is 7. The molecule has 0 aliphatic heterocycles. The molecule has 1 aromatic rings. The second-order valence-corrected chi connectivity index (χ2v) is 5.78. The molecule has 0 bridgehead atoms. The Morgan fingerprint density at radius 1 is 1.40 bits per heavy atom. The number of aliphatic hydroxyl groups excluding tert-OH is 1. The Labute approximate surface area is 127 Å². The van der Waals surface area contributed by atoms with Crippen LogP contribution in [0.25, 0.3) is 0 Å². The monoisotopic (exact) mass is 299 g/mol. The summed E-state index contributed by atoms with van der Waals surface area (Å²) in [5, 5.41) is 10.2. The van der Waals surface area contributed by atoms with E-state index in [9.17, 15) is 5.11 Å². The molecule has 0 radical (unpaired) electrons. The van der Waals surface area contributed by atoms with Gasteiger partial charge in [0, 0.05) is 17.2 Å². The third-order valence-electron chi connectivity index (χ3n) is 4.02. The average molecular weight is 300 g/mol. The molecule has 0 aliphatic rings. The summed E-state index contributed by atoms with van der Waals surface area (Å²) in [6.07, 6.45) is 1.81. The molecule has 0 aromatic heterocycles. The van der Waals surface area contributed by atoms with Crippen LogP contribution in [-0.2, 0) is 0 Å². The van der Waals surface area contributed by atoms with E-state index in [0.717, 1.165) is 40.3 Å². The van der Waals surface area contributed by atoms with Crippen molar-refractivity contribution in [3.63, 3.8) is 0 Å². The highest BCUT2D eigenvalue weighted by atomic mass is 35.5. The zero-order valence-corrected chi connectivity index (χ0v) is 13.6. The van der Waals surface area contributed by atoms with Crippen LogP contribution in [0.15, 0.2) is 6.07 Å². The van der Waals surface area contributed by atoms with E-state index in [0.29, 0.717) is 12.5 Å². The van der Waals surface area contributed by atoms with Gasteiger partial charge in [-0.25, -0.2) is 0 Å². The lowest BCUT2D eigenvalue weighted by molar-refractivity contribution is 0.214. The van der Waals surface area contributed by atoms with Gasteiger partial charge in [-0.1, -0.05) is 18.5 Å². The number of methoxy groups -OCH3 is 1. The second-order valence-electron chi connectivity index (χ2n) is 5.37. The van der Waals surface area contributed by atoms with Crippen molar-refractivity contribution in [3.8, 4) is 5.75 Å². The third-order valence-corrected chi connectivity index (χ3v) is 4.42. The van der Waals surface area contributed by atoms with Gasteiger partial charge in [-0.2, -0.15) is 0 Å². The Morgan fingerprint density at radius 3 is 2.50 bits per heavy atom. The zero-order valence-electron chi connectivity index (χ0n) is 12.9. The van der Waals surface area contributed by atoms with E-state index in [1.165, 1.54) is 0 Å². The van der Waals surface area contributed by atoms with Crippen LogP contribution in [0.1, 0.15) is 42.4 Å². The summed E-state index contributed by atoms with van der Waals surface area (Å²) < 4.78 is 5.59. The third kappa shape index (κ3) is 3.66. The molecule has 1 rings (SSSR count). The van der Waals surface area contributed by atoms with Crippen LogP contribution in [0, 0.1) is 19.8 Å². The SMILES string of the molecule is CCC(CC(CN)CO)c1c(C)c(Cl)cc(C)c1OC. The molecule has 0 saturated carbocycles. The summed E-state index contributed by atoms with van der Waals surface area (Å²) in [4.78, 5) is 0. The van der Waals surface area contributed by atoms with Crippen molar-refractivity contribution in [1.82, 2.24) is 0 Å². The van der Waals surface area contributed by atoms with Crippen molar-refractivity contribution < 1.29 is 9.84 Å². The van der Waals surface area contributed by atoms with E-state index in [4.69, 9.17) is 22.1 Å². The maximum atomic E-state index is 9.39. The van der Waals surface area contributed by atoms with Gasteiger partial charge in [0.2, 0.25) is 0 Å². The number of nitrogens with two attached hydrogens (primary N) is 1. The number of benzene rings is 1. The van der Waals surface area contributed by atoms with Gasteiger partial charge in [-0.3, -0.25) is 0 Å². The molecule has 0 amide bonds. The normalized spacial score (nSPS) is 14.2. The van der Waals surface area contributed by atoms with E-state index >= 15 is 0 Å². The van der Waals surface area contributed by atoms with E-state index in [1.807, 2.05) is 19.9 Å². The first kappa shape index (κ1) is 17.3. The van der Waals surface area contributed by atoms with Crippen LogP contribution < -0.4 is 10.5 Å². The molecular weight excluding hydrogens is 274 g/mol. The summed E-state index contributed by atoms with van der Waals surface area (Å²) >= 11 is 6.32. The van der Waals surface area contributed by atoms with Gasteiger partial charge in [0.1, 0.15) is 5.75 Å². The van der Waals surface area contributed by atoms with Crippen LogP contribution in [0.5, 0.6) is 5.75 Å². The van der Waals surface area contributed by atoms with Crippen LogP contribution in [0.3, 0.4) is 0 Å². The number of aliphatic hydroxyl groups is 1. The van der Waals surface area contributed by atoms with Crippen molar-refractivity contribution in [3.05, 3.63) is 27.8 Å². The maximum Gasteiger partial charge on any atom is 0.125 e. The van der Waals surface area contributed by atoms with Gasteiger partial charge in [0.05, 0.1) is 7.11 Å². The predicted molar refractivity (Wildman–Crippen MR) is 84.8 cm³/mol. The largest absolute Gasteiger partial charge is 0.496 e. The Hall–Kier alpha value is -0.770. The molecule has 3 nitrogen and oxygen atoms in total. The Morgan fingerprint density at radius 2 is 2.05 bits per heavy atom. The van der Waals surface area contributed by atoms with Crippen LogP contribution in [0.2, 0.25) is 5.02 Å². The van der Waals surface area contributed by atoms with E-state index in [-0.39, 0.29) is 12.5 Å². The number of hydrogen-bond acceptors (Lipinski definition) is 3. The van der Waals surface area contributed by atoms with Crippen molar-refractivity contribution in [1.29, 1.82) is 0 Å². The van der Waals surface area contributed by atoms with Crippen LogP contribution in [0.4, 0.5) is 0 Å². The summed E-state index contributed by atoms with van der Waals surface area (Å²) in [6.45, 7) is 6.79. The van der Waals surface area contributed by atoms with E-state index in [2.05, 4.69) is 6.92 Å². The highest BCUT2D eigenvalue weighted by Gasteiger charge is 2.23. The van der Waals surface area contributed by atoms with Gasteiger partial charge in [-0.05, 0) is 62.3 Å². The molecule has 4 heteroatoms. The Bertz CT molecular complexity index is 445. The summed E-state index contributed by atoms with van der Waals surface area (Å²) in [7, 11) is 1.69. The zero-order chi connectivity index (χ0) is 15.3. The van der Waals surface area contributed by atoms with E-state index in [1.54, 1.807) is 7.11 Å². The Balaban J connectivity index is 3.26. The molecule has 0 spiro atoms. The minimum Gasteiger partial charge on any atom is -0.496 e. The van der Waals surface area contributed by atoms with Gasteiger partial charge in [-0.15, -0.1) is 0 Å². The quantitative estimate of drug-likeness (QED) is 0.811. The van der Waals surface area contributed by atoms with Gasteiger partial charge in [0.25, 0.3) is 0 Å². The molecule has 20 heavy (non-hydrogen) atoms. The molecule has 0 fully saturated rings. The van der Waals surface area contributed by atoms with Gasteiger partial charge >= 0.3 is 0 Å². The molecule has 2 unspecified atom stereocenters. The molecule has 3 N–H and O–H groups in total. The summed E-state index contributed by atoms with van der Waals surface area (Å²) in [5.41, 5.74) is 8.99. The standard InChI is InChI=1S/C16H26ClNO2/c1-5-13(7-12(8-18)9-19)15-11(3)14(17)6-10(2)16(15)20-4/h6,12-13,19H,5,7-9,18H2,1-4H3. The second kappa shape index (κ2) is 7.87. The van der Waals surface area contributed by atoms with E-state index < -0.39 is 0 Å². The molecule has 2 atom stereocenters. The van der Waals surface area contributed by atoms with Gasteiger partial charge < -0.3 is 15.6 Å². The molecule has 114 valence electrons. The molecule has 0 heterocycles. The average Bonchev–Trinajstić information content (AvgIpc) is 2.44. The molecule has 1 aromatic carbocycles. The fourth-order valence-corrected chi connectivity index (χ4v) is 3.04. The predicted octanol–water partition coefficient (Wildman–Crippen LogP) is 3.42.